The Labute approximate surface area is 289 Å². The molecular weight excluding hydrogens is 645 g/mol. The smallest absolute Gasteiger partial charge is 0.453 e. The van der Waals surface area contributed by atoms with Gasteiger partial charge in [0.15, 0.2) is 6.29 Å². The summed E-state index contributed by atoms with van der Waals surface area (Å²) in [6.45, 7) is 5.03. The van der Waals surface area contributed by atoms with E-state index >= 15 is 0 Å². The lowest BCUT2D eigenvalue weighted by Crippen LogP contribution is -2.44. The van der Waals surface area contributed by atoms with Crippen molar-refractivity contribution in [3.05, 3.63) is 29.3 Å². The maximum Gasteiger partial charge on any atom is 0.453 e. The van der Waals surface area contributed by atoms with Crippen LogP contribution in [-0.2, 0) is 15.9 Å². The highest BCUT2D eigenvalue weighted by molar-refractivity contribution is 7.99. The van der Waals surface area contributed by atoms with Crippen LogP contribution in [0.3, 0.4) is 0 Å². The molecule has 0 radical (unpaired) electrons. The molecular formula is C38H58F5NO3S. The van der Waals surface area contributed by atoms with Crippen molar-refractivity contribution in [1.82, 2.24) is 4.90 Å². The molecule has 1 heterocycles. The Morgan fingerprint density at radius 3 is 2.62 bits per heavy atom. The highest BCUT2D eigenvalue weighted by Gasteiger charge is 2.56. The average molecular weight is 704 g/mol. The number of hydrogen-bond acceptors (Lipinski definition) is 5. The lowest BCUT2D eigenvalue weighted by Gasteiger charge is -2.52. The molecule has 1 saturated heterocycles. The summed E-state index contributed by atoms with van der Waals surface area (Å²) in [7, 11) is 2.12. The van der Waals surface area contributed by atoms with Gasteiger partial charge in [0.05, 0.1) is 6.10 Å². The first-order valence-electron chi connectivity index (χ1n) is 18.7. The van der Waals surface area contributed by atoms with Gasteiger partial charge >= 0.3 is 12.1 Å². The zero-order valence-electron chi connectivity index (χ0n) is 29.1. The van der Waals surface area contributed by atoms with E-state index in [0.29, 0.717) is 35.4 Å². The number of alkyl halides is 5. The number of phenols is 1. The van der Waals surface area contributed by atoms with E-state index in [1.165, 1.54) is 74.3 Å². The van der Waals surface area contributed by atoms with Crippen molar-refractivity contribution in [2.75, 3.05) is 38.2 Å². The van der Waals surface area contributed by atoms with E-state index in [-0.39, 0.29) is 24.6 Å². The molecule has 1 aliphatic heterocycles. The molecule has 7 atom stereocenters. The molecule has 274 valence electrons. The molecule has 3 fully saturated rings. The van der Waals surface area contributed by atoms with Crippen LogP contribution in [0.5, 0.6) is 5.75 Å². The highest BCUT2D eigenvalue weighted by Crippen LogP contribution is 2.62. The minimum atomic E-state index is -5.49. The number of nitrogens with zero attached hydrogens (tertiary/aromatic N) is 1. The Hall–Kier alpha value is -1.10. The van der Waals surface area contributed by atoms with Gasteiger partial charge in [-0.3, -0.25) is 0 Å². The predicted molar refractivity (Wildman–Crippen MR) is 183 cm³/mol. The summed E-state index contributed by atoms with van der Waals surface area (Å²) in [5.74, 6) is -0.561. The fraction of sp³-hybridized carbons (Fsp3) is 0.842. The number of benzene rings is 1. The van der Waals surface area contributed by atoms with Gasteiger partial charge in [0.1, 0.15) is 5.75 Å². The van der Waals surface area contributed by atoms with Gasteiger partial charge in [-0.25, -0.2) is 0 Å². The van der Waals surface area contributed by atoms with Gasteiger partial charge in [0.25, 0.3) is 0 Å². The van der Waals surface area contributed by atoms with Gasteiger partial charge in [-0.1, -0.05) is 32.3 Å². The van der Waals surface area contributed by atoms with Gasteiger partial charge < -0.3 is 19.5 Å². The van der Waals surface area contributed by atoms with E-state index < -0.39 is 18.5 Å². The highest BCUT2D eigenvalue weighted by atomic mass is 32.2. The Morgan fingerprint density at radius 1 is 1.02 bits per heavy atom. The van der Waals surface area contributed by atoms with Gasteiger partial charge in [0.2, 0.25) is 0 Å². The molecule has 1 aromatic rings. The molecule has 1 aromatic carbocycles. The first-order valence-corrected chi connectivity index (χ1v) is 19.8. The molecule has 4 aliphatic rings. The van der Waals surface area contributed by atoms with E-state index in [4.69, 9.17) is 9.47 Å². The fourth-order valence-electron chi connectivity index (χ4n) is 9.47. The van der Waals surface area contributed by atoms with Crippen LogP contribution in [0.2, 0.25) is 0 Å². The minimum Gasteiger partial charge on any atom is -0.508 e. The van der Waals surface area contributed by atoms with Crippen molar-refractivity contribution in [3.63, 3.8) is 0 Å². The number of phenolic OH excluding ortho intramolecular Hbond substituents is 1. The van der Waals surface area contributed by atoms with Crippen molar-refractivity contribution in [3.8, 4) is 5.75 Å². The lowest BCUT2D eigenvalue weighted by molar-refractivity contribution is -0.284. The molecule has 0 amide bonds. The quantitative estimate of drug-likeness (QED) is 0.129. The number of unbranched alkanes of at least 4 members (excludes halogenated alkanes) is 2. The molecule has 4 nitrogen and oxygen atoms in total. The molecule has 48 heavy (non-hydrogen) atoms. The number of rotatable bonds is 17. The third kappa shape index (κ3) is 9.81. The first-order chi connectivity index (χ1) is 22.9. The summed E-state index contributed by atoms with van der Waals surface area (Å²) < 4.78 is 76.1. The van der Waals surface area contributed by atoms with Crippen LogP contribution in [0.1, 0.15) is 120 Å². The zero-order valence-corrected chi connectivity index (χ0v) is 29.9. The van der Waals surface area contributed by atoms with Gasteiger partial charge in [0, 0.05) is 25.3 Å². The monoisotopic (exact) mass is 703 g/mol. The molecule has 1 N–H and O–H groups in total. The molecule has 0 aromatic heterocycles. The third-order valence-corrected chi connectivity index (χ3v) is 13.3. The summed E-state index contributed by atoms with van der Waals surface area (Å²) in [6.07, 6.45) is 8.94. The van der Waals surface area contributed by atoms with Crippen LogP contribution in [-0.4, -0.2) is 72.7 Å². The largest absolute Gasteiger partial charge is 0.508 e. The van der Waals surface area contributed by atoms with Gasteiger partial charge in [-0.05, 0) is 149 Å². The second-order valence-corrected chi connectivity index (χ2v) is 16.7. The van der Waals surface area contributed by atoms with Crippen molar-refractivity contribution >= 4 is 11.8 Å². The van der Waals surface area contributed by atoms with Crippen LogP contribution >= 0.6 is 11.8 Å². The zero-order chi connectivity index (χ0) is 34.4. The molecule has 10 heteroatoms. The molecule has 2 unspecified atom stereocenters. The van der Waals surface area contributed by atoms with Crippen LogP contribution in [0.25, 0.3) is 0 Å². The number of ether oxygens (including phenoxy) is 2. The molecule has 0 spiro atoms. The number of fused-ring (bicyclic) bond motifs is 5. The van der Waals surface area contributed by atoms with Crippen LogP contribution < -0.4 is 0 Å². The Bertz CT molecular complexity index is 1150. The molecule has 3 aliphatic carbocycles. The first kappa shape index (κ1) is 38.1. The fourth-order valence-corrected chi connectivity index (χ4v) is 10.5. The minimum absolute atomic E-state index is 0.137. The van der Waals surface area contributed by atoms with Crippen LogP contribution in [0.15, 0.2) is 18.2 Å². The molecule has 2 saturated carbocycles. The third-order valence-electron chi connectivity index (χ3n) is 12.1. The second kappa shape index (κ2) is 16.9. The maximum absolute atomic E-state index is 13.3. The summed E-state index contributed by atoms with van der Waals surface area (Å²) >= 11 is 1.39. The Balaban J connectivity index is 1.05. The van der Waals surface area contributed by atoms with Crippen LogP contribution in [0.4, 0.5) is 22.0 Å². The Morgan fingerprint density at radius 2 is 1.85 bits per heavy atom. The summed E-state index contributed by atoms with van der Waals surface area (Å²) in [6, 6.07) is 6.12. The van der Waals surface area contributed by atoms with Gasteiger partial charge in [-0.2, -0.15) is 33.7 Å². The summed E-state index contributed by atoms with van der Waals surface area (Å²) in [5.41, 5.74) is 3.38. The second-order valence-electron chi connectivity index (χ2n) is 15.6. The average Bonchev–Trinajstić information content (AvgIpc) is 3.44. The Kier molecular flexibility index (Phi) is 13.5. The van der Waals surface area contributed by atoms with Crippen molar-refractivity contribution in [2.24, 2.45) is 23.2 Å². The van der Waals surface area contributed by atoms with Crippen molar-refractivity contribution in [2.45, 2.75) is 140 Å². The number of halogens is 5. The van der Waals surface area contributed by atoms with E-state index in [1.54, 1.807) is 0 Å². The summed E-state index contributed by atoms with van der Waals surface area (Å²) in [5, 5.41) is 10.3. The van der Waals surface area contributed by atoms with Crippen molar-refractivity contribution in [1.29, 1.82) is 0 Å². The normalized spacial score (nSPS) is 29.8. The van der Waals surface area contributed by atoms with Gasteiger partial charge in [-0.15, -0.1) is 0 Å². The van der Waals surface area contributed by atoms with E-state index in [9.17, 15) is 27.1 Å². The number of hydrogen-bond donors (Lipinski definition) is 1. The van der Waals surface area contributed by atoms with E-state index in [2.05, 4.69) is 24.9 Å². The van der Waals surface area contributed by atoms with Crippen LogP contribution in [0, 0.1) is 23.2 Å². The molecule has 5 rings (SSSR count). The van der Waals surface area contributed by atoms with E-state index in [1.807, 2.05) is 12.1 Å². The topological polar surface area (TPSA) is 41.9 Å². The molecule has 0 bridgehead atoms. The summed E-state index contributed by atoms with van der Waals surface area (Å²) in [4.78, 5) is 2.33. The SMILES string of the molecule is CN(CCCCC[C@@H]1Cc2cc(O)ccc2[C@H]2CC[C@]3(C)CCC[C@H]3[C@H]12)CCC(CSCCCC(F)(F)C(F)(F)F)OC1CCCCO1. The lowest BCUT2D eigenvalue weighted by atomic mass is 9.52. The maximum atomic E-state index is 13.3. The van der Waals surface area contributed by atoms with E-state index in [0.717, 1.165) is 63.5 Å². The number of aromatic hydroxyl groups is 1. The van der Waals surface area contributed by atoms with Crippen molar-refractivity contribution < 1.29 is 36.5 Å². The standard InChI is InChI=1S/C38H58F5NO3S/c1-36-17-8-11-33(36)35-27(24-28-25-29(45)13-14-31(28)32(35)15-19-36)10-4-3-6-20-44(2)21-16-30(47-34-12-5-7-22-46-34)26-48-23-9-18-37(39,40)38(41,42)43/h13-14,25,27,30,32-35,45H,3-12,15-24,26H2,1-2H3/t27-,30?,32-,33+,34?,35-,36+/m1/s1. The number of thioether (sulfide) groups is 1. The predicted octanol–water partition coefficient (Wildman–Crippen LogP) is 10.4.